The summed E-state index contributed by atoms with van der Waals surface area (Å²) in [6.07, 6.45) is 1.97. The molecule has 0 aliphatic carbocycles. The maximum Gasteiger partial charge on any atom is 0.342 e. The number of nitro benzene ring substituents is 1. The Morgan fingerprint density at radius 3 is 2.78 bits per heavy atom. The first-order chi connectivity index (χ1) is 8.45. The van der Waals surface area contributed by atoms with Gasteiger partial charge in [0, 0.05) is 23.5 Å². The molecule has 98 valence electrons. The van der Waals surface area contributed by atoms with E-state index in [2.05, 4.69) is 5.32 Å². The van der Waals surface area contributed by atoms with Crippen LogP contribution in [0.5, 0.6) is 0 Å². The normalized spacial score (nSPS) is 11.9. The predicted octanol–water partition coefficient (Wildman–Crippen LogP) is 2.46. The zero-order chi connectivity index (χ0) is 13.7. The third kappa shape index (κ3) is 3.63. The van der Waals surface area contributed by atoms with Crippen LogP contribution in [-0.2, 0) is 0 Å². The summed E-state index contributed by atoms with van der Waals surface area (Å²) in [6.45, 7) is 1.96. The molecule has 1 aromatic carbocycles. The molecule has 2 N–H and O–H groups in total. The molecule has 0 aromatic heterocycles. The molecule has 0 saturated carbocycles. The second-order valence-electron chi connectivity index (χ2n) is 3.79. The molecule has 0 spiro atoms. The number of carboxylic acids is 1. The summed E-state index contributed by atoms with van der Waals surface area (Å²) in [4.78, 5) is 20.9. The number of benzene rings is 1. The quantitative estimate of drug-likeness (QED) is 0.609. The first-order valence-electron chi connectivity index (χ1n) is 5.23. The van der Waals surface area contributed by atoms with E-state index >= 15 is 0 Å². The number of anilines is 1. The van der Waals surface area contributed by atoms with Crippen LogP contribution in [0.25, 0.3) is 0 Å². The second-order valence-corrected chi connectivity index (χ2v) is 4.71. The average molecular weight is 270 g/mol. The maximum absolute atomic E-state index is 11.0. The summed E-state index contributed by atoms with van der Waals surface area (Å²) >= 11 is 1.66. The molecule has 0 radical (unpaired) electrons. The number of carboxylic acid groups (broad SMARTS) is 1. The van der Waals surface area contributed by atoms with E-state index in [0.717, 1.165) is 5.75 Å². The topological polar surface area (TPSA) is 92.5 Å². The zero-order valence-electron chi connectivity index (χ0n) is 10.0. The lowest BCUT2D eigenvalue weighted by molar-refractivity contribution is -0.385. The molecule has 6 nitrogen and oxygen atoms in total. The molecule has 0 amide bonds. The number of hydrogen-bond acceptors (Lipinski definition) is 5. The molecule has 1 unspecified atom stereocenters. The summed E-state index contributed by atoms with van der Waals surface area (Å²) in [5.74, 6) is -0.442. The van der Waals surface area contributed by atoms with Crippen molar-refractivity contribution in [3.63, 3.8) is 0 Å². The van der Waals surface area contributed by atoms with Crippen molar-refractivity contribution in [3.8, 4) is 0 Å². The van der Waals surface area contributed by atoms with Gasteiger partial charge in [0.15, 0.2) is 0 Å². The molecule has 0 heterocycles. The molecule has 0 fully saturated rings. The minimum absolute atomic E-state index is 0.156. The van der Waals surface area contributed by atoms with Gasteiger partial charge in [-0.15, -0.1) is 0 Å². The average Bonchev–Trinajstić information content (AvgIpc) is 2.28. The highest BCUT2D eigenvalue weighted by Crippen LogP contribution is 2.23. The van der Waals surface area contributed by atoms with Gasteiger partial charge in [0.05, 0.1) is 4.92 Å². The van der Waals surface area contributed by atoms with E-state index in [0.29, 0.717) is 5.69 Å². The van der Waals surface area contributed by atoms with Crippen LogP contribution in [-0.4, -0.2) is 34.0 Å². The molecule has 1 aromatic rings. The Morgan fingerprint density at radius 2 is 2.28 bits per heavy atom. The number of thioether (sulfide) groups is 1. The minimum Gasteiger partial charge on any atom is -0.477 e. The SMILES string of the molecule is CSCC(C)Nc1ccc([N+](=O)[O-])c(C(=O)O)c1. The molecule has 0 saturated heterocycles. The largest absolute Gasteiger partial charge is 0.477 e. The molecular weight excluding hydrogens is 256 g/mol. The summed E-state index contributed by atoms with van der Waals surface area (Å²) < 4.78 is 0. The van der Waals surface area contributed by atoms with Crippen LogP contribution in [0.2, 0.25) is 0 Å². The van der Waals surface area contributed by atoms with Crippen molar-refractivity contribution in [2.24, 2.45) is 0 Å². The number of nitrogens with one attached hydrogen (secondary N) is 1. The smallest absolute Gasteiger partial charge is 0.342 e. The lowest BCUT2D eigenvalue weighted by atomic mass is 10.1. The molecule has 0 aliphatic heterocycles. The molecule has 1 rings (SSSR count). The van der Waals surface area contributed by atoms with Crippen molar-refractivity contribution in [1.82, 2.24) is 0 Å². The van der Waals surface area contributed by atoms with Gasteiger partial charge in [0.2, 0.25) is 0 Å². The van der Waals surface area contributed by atoms with Gasteiger partial charge in [-0.1, -0.05) is 0 Å². The standard InChI is InChI=1S/C11H14N2O4S/c1-7(6-18-2)12-8-3-4-10(13(16)17)9(5-8)11(14)15/h3-5,7,12H,6H2,1-2H3,(H,14,15). The van der Waals surface area contributed by atoms with E-state index in [9.17, 15) is 14.9 Å². The van der Waals surface area contributed by atoms with Crippen LogP contribution < -0.4 is 5.32 Å². The van der Waals surface area contributed by atoms with Gasteiger partial charge in [-0.05, 0) is 25.3 Å². The summed E-state index contributed by atoms with van der Waals surface area (Å²) in [7, 11) is 0. The summed E-state index contributed by atoms with van der Waals surface area (Å²) in [5.41, 5.74) is -0.133. The Hall–Kier alpha value is -1.76. The highest BCUT2D eigenvalue weighted by atomic mass is 32.2. The molecule has 0 bridgehead atoms. The van der Waals surface area contributed by atoms with Crippen molar-refractivity contribution >= 4 is 29.1 Å². The van der Waals surface area contributed by atoms with E-state index in [1.807, 2.05) is 13.2 Å². The fraction of sp³-hybridized carbons (Fsp3) is 0.364. The van der Waals surface area contributed by atoms with Crippen LogP contribution in [0.1, 0.15) is 17.3 Å². The number of nitrogens with zero attached hydrogens (tertiary/aromatic N) is 1. The van der Waals surface area contributed by atoms with E-state index in [1.165, 1.54) is 18.2 Å². The second kappa shape index (κ2) is 6.25. The predicted molar refractivity (Wildman–Crippen MR) is 71.5 cm³/mol. The van der Waals surface area contributed by atoms with Crippen LogP contribution in [0, 0.1) is 10.1 Å². The maximum atomic E-state index is 11.0. The van der Waals surface area contributed by atoms with Gasteiger partial charge in [-0.3, -0.25) is 10.1 Å². The fourth-order valence-corrected chi connectivity index (χ4v) is 2.12. The Labute approximate surface area is 109 Å². The lowest BCUT2D eigenvalue weighted by Gasteiger charge is -2.14. The molecule has 18 heavy (non-hydrogen) atoms. The molecule has 0 aliphatic rings. The molecule has 1 atom stereocenters. The van der Waals surface area contributed by atoms with Crippen LogP contribution in [0.15, 0.2) is 18.2 Å². The Balaban J connectivity index is 3.00. The Kier molecular flexibility index (Phi) is 4.96. The van der Waals surface area contributed by atoms with Crippen LogP contribution >= 0.6 is 11.8 Å². The van der Waals surface area contributed by atoms with Gasteiger partial charge >= 0.3 is 5.97 Å². The van der Waals surface area contributed by atoms with Crippen molar-refractivity contribution in [2.45, 2.75) is 13.0 Å². The van der Waals surface area contributed by atoms with Gasteiger partial charge in [-0.25, -0.2) is 4.79 Å². The van der Waals surface area contributed by atoms with Crippen molar-refractivity contribution in [1.29, 1.82) is 0 Å². The summed E-state index contributed by atoms with van der Waals surface area (Å²) in [5, 5.41) is 22.7. The monoisotopic (exact) mass is 270 g/mol. The number of aromatic carboxylic acids is 1. The van der Waals surface area contributed by atoms with Gasteiger partial charge in [-0.2, -0.15) is 11.8 Å². The highest BCUT2D eigenvalue weighted by Gasteiger charge is 2.20. The lowest BCUT2D eigenvalue weighted by Crippen LogP contribution is -2.18. The number of nitro groups is 1. The Bertz CT molecular complexity index is 464. The van der Waals surface area contributed by atoms with Gasteiger partial charge in [0.1, 0.15) is 5.56 Å². The van der Waals surface area contributed by atoms with Crippen molar-refractivity contribution in [2.75, 3.05) is 17.3 Å². The van der Waals surface area contributed by atoms with Crippen LogP contribution in [0.3, 0.4) is 0 Å². The molecular formula is C11H14N2O4S. The highest BCUT2D eigenvalue weighted by molar-refractivity contribution is 7.98. The minimum atomic E-state index is -1.30. The van der Waals surface area contributed by atoms with Gasteiger partial charge in [0.25, 0.3) is 5.69 Å². The van der Waals surface area contributed by atoms with E-state index < -0.39 is 16.6 Å². The number of hydrogen-bond donors (Lipinski definition) is 2. The zero-order valence-corrected chi connectivity index (χ0v) is 10.9. The Morgan fingerprint density at radius 1 is 1.61 bits per heavy atom. The fourth-order valence-electron chi connectivity index (χ4n) is 1.53. The van der Waals surface area contributed by atoms with Crippen LogP contribution in [0.4, 0.5) is 11.4 Å². The summed E-state index contributed by atoms with van der Waals surface area (Å²) in [6, 6.07) is 4.17. The van der Waals surface area contributed by atoms with E-state index in [-0.39, 0.29) is 11.6 Å². The first kappa shape index (κ1) is 14.3. The van der Waals surface area contributed by atoms with E-state index in [1.54, 1.807) is 11.8 Å². The number of carbonyl (C=O) groups is 1. The van der Waals surface area contributed by atoms with Crippen molar-refractivity contribution in [3.05, 3.63) is 33.9 Å². The third-order valence-electron chi connectivity index (χ3n) is 2.25. The first-order valence-corrected chi connectivity index (χ1v) is 6.62. The van der Waals surface area contributed by atoms with Crippen molar-refractivity contribution < 1.29 is 14.8 Å². The van der Waals surface area contributed by atoms with Gasteiger partial charge < -0.3 is 10.4 Å². The third-order valence-corrected chi connectivity index (χ3v) is 3.09. The van der Waals surface area contributed by atoms with E-state index in [4.69, 9.17) is 5.11 Å². The number of rotatable bonds is 6. The molecule has 7 heteroatoms.